The molecule has 1 aromatic carbocycles. The molecule has 3 aliphatic rings. The molecule has 36 heavy (non-hydrogen) atoms. The average molecular weight is 494 g/mol. The number of anilines is 4. The van der Waals surface area contributed by atoms with Crippen molar-refractivity contribution in [3.8, 4) is 5.75 Å². The van der Waals surface area contributed by atoms with E-state index >= 15 is 0 Å². The molecule has 3 heterocycles. The first kappa shape index (κ1) is 24.3. The van der Waals surface area contributed by atoms with Crippen LogP contribution in [0.3, 0.4) is 0 Å². The molecule has 1 saturated heterocycles. The number of likely N-dealkylation sites (N-methyl/N-ethyl adjacent to an activating group) is 1. The molecule has 2 amide bonds. The van der Waals surface area contributed by atoms with Gasteiger partial charge in [-0.1, -0.05) is 12.8 Å². The zero-order valence-electron chi connectivity index (χ0n) is 21.2. The van der Waals surface area contributed by atoms with Crippen LogP contribution in [0.1, 0.15) is 55.8 Å². The monoisotopic (exact) mass is 493 g/mol. The highest BCUT2D eigenvalue weighted by Crippen LogP contribution is 2.39. The van der Waals surface area contributed by atoms with Gasteiger partial charge in [-0.05, 0) is 63.9 Å². The Morgan fingerprint density at radius 1 is 1.17 bits per heavy atom. The largest absolute Gasteiger partial charge is 0.495 e. The molecule has 0 bridgehead atoms. The summed E-state index contributed by atoms with van der Waals surface area (Å²) in [5, 5.41) is 9.68. The van der Waals surface area contributed by atoms with Gasteiger partial charge in [-0.15, -0.1) is 0 Å². The van der Waals surface area contributed by atoms with Gasteiger partial charge >= 0.3 is 0 Å². The molecule has 0 spiro atoms. The number of rotatable bonds is 6. The second-order valence-electron chi connectivity index (χ2n) is 9.86. The van der Waals surface area contributed by atoms with E-state index in [0.717, 1.165) is 57.4 Å². The molecule has 2 fully saturated rings. The van der Waals surface area contributed by atoms with E-state index in [1.807, 2.05) is 13.0 Å². The summed E-state index contributed by atoms with van der Waals surface area (Å²) in [6, 6.07) is 5.52. The van der Waals surface area contributed by atoms with Gasteiger partial charge in [-0.25, -0.2) is 4.98 Å². The highest BCUT2D eigenvalue weighted by atomic mass is 16.5. The number of piperidine rings is 1. The summed E-state index contributed by atoms with van der Waals surface area (Å²) in [6.45, 7) is 3.78. The maximum Gasteiger partial charge on any atom is 0.251 e. The molecule has 10 heteroatoms. The van der Waals surface area contributed by atoms with Crippen molar-refractivity contribution in [3.63, 3.8) is 0 Å². The first-order valence-corrected chi connectivity index (χ1v) is 12.9. The van der Waals surface area contributed by atoms with E-state index in [2.05, 4.69) is 25.8 Å². The normalized spacial score (nSPS) is 20.9. The number of ether oxygens (including phenoxy) is 1. The Hall–Kier alpha value is -3.40. The molecule has 192 valence electrons. The third-order valence-electron chi connectivity index (χ3n) is 7.56. The van der Waals surface area contributed by atoms with Crippen LogP contribution in [-0.4, -0.2) is 67.2 Å². The van der Waals surface area contributed by atoms with Crippen molar-refractivity contribution < 1.29 is 14.3 Å². The number of nitrogens with one attached hydrogen (secondary N) is 3. The Morgan fingerprint density at radius 2 is 1.92 bits per heavy atom. The first-order valence-electron chi connectivity index (χ1n) is 12.9. The molecular formula is C26H35N7O3. The number of benzene rings is 1. The van der Waals surface area contributed by atoms with Crippen LogP contribution in [-0.2, 0) is 4.79 Å². The number of nitrogens with zero attached hydrogens (tertiary/aromatic N) is 4. The van der Waals surface area contributed by atoms with Crippen LogP contribution in [0.15, 0.2) is 24.4 Å². The number of hydrogen-bond donors (Lipinski definition) is 3. The van der Waals surface area contributed by atoms with Gasteiger partial charge in [0.2, 0.25) is 11.9 Å². The summed E-state index contributed by atoms with van der Waals surface area (Å²) >= 11 is 0. The topological polar surface area (TPSA) is 112 Å². The fraction of sp³-hybridized carbons (Fsp3) is 0.538. The number of carbonyl (C=O) groups is 2. The van der Waals surface area contributed by atoms with Gasteiger partial charge in [-0.3, -0.25) is 9.59 Å². The van der Waals surface area contributed by atoms with Crippen LogP contribution in [0.5, 0.6) is 5.75 Å². The summed E-state index contributed by atoms with van der Waals surface area (Å²) < 4.78 is 5.59. The maximum absolute atomic E-state index is 12.9. The Labute approximate surface area is 211 Å². The van der Waals surface area contributed by atoms with Gasteiger partial charge in [-0.2, -0.15) is 4.98 Å². The van der Waals surface area contributed by atoms with Crippen LogP contribution < -0.4 is 30.5 Å². The summed E-state index contributed by atoms with van der Waals surface area (Å²) in [5.74, 6) is 1.66. The van der Waals surface area contributed by atoms with Crippen LogP contribution in [0, 0.1) is 0 Å². The summed E-state index contributed by atoms with van der Waals surface area (Å²) in [6.07, 6.45) is 8.00. The van der Waals surface area contributed by atoms with E-state index in [4.69, 9.17) is 9.72 Å². The number of fused-ring (bicyclic) bond motifs is 1. The number of methoxy groups -OCH3 is 1. The molecule has 0 radical (unpaired) electrons. The third-order valence-corrected chi connectivity index (χ3v) is 7.56. The lowest BCUT2D eigenvalue weighted by atomic mass is 10.1. The Morgan fingerprint density at radius 3 is 2.64 bits per heavy atom. The average Bonchev–Trinajstić information content (AvgIpc) is 3.43. The molecule has 3 N–H and O–H groups in total. The highest BCUT2D eigenvalue weighted by molar-refractivity contribution is 6.04. The molecule has 0 unspecified atom stereocenters. The van der Waals surface area contributed by atoms with E-state index in [1.165, 1.54) is 0 Å². The minimum Gasteiger partial charge on any atom is -0.495 e. The second kappa shape index (κ2) is 10.3. The van der Waals surface area contributed by atoms with Crippen molar-refractivity contribution in [1.82, 2.24) is 20.6 Å². The van der Waals surface area contributed by atoms with Crippen molar-refractivity contribution in [3.05, 3.63) is 30.0 Å². The third kappa shape index (κ3) is 4.69. The summed E-state index contributed by atoms with van der Waals surface area (Å²) in [5.41, 5.74) is 1.92. The van der Waals surface area contributed by atoms with E-state index in [1.54, 1.807) is 37.4 Å². The molecular weight excluding hydrogens is 458 g/mol. The molecule has 1 aliphatic carbocycles. The van der Waals surface area contributed by atoms with Gasteiger partial charge < -0.3 is 30.5 Å². The molecule has 2 aromatic rings. The van der Waals surface area contributed by atoms with Crippen molar-refractivity contribution >= 4 is 35.0 Å². The predicted octanol–water partition coefficient (Wildman–Crippen LogP) is 2.82. The van der Waals surface area contributed by atoms with Crippen LogP contribution in [0.2, 0.25) is 0 Å². The smallest absolute Gasteiger partial charge is 0.251 e. The van der Waals surface area contributed by atoms with Crippen LogP contribution >= 0.6 is 0 Å². The van der Waals surface area contributed by atoms with Crippen molar-refractivity contribution in [2.45, 2.75) is 63.6 Å². The quantitative estimate of drug-likeness (QED) is 0.563. The number of aromatic nitrogens is 2. The Bertz CT molecular complexity index is 1130. The van der Waals surface area contributed by atoms with E-state index in [9.17, 15) is 9.59 Å². The molecule has 1 saturated carbocycles. The molecule has 2 aliphatic heterocycles. The standard InChI is InChI=1S/C26H35N7O3/c1-16-25(35)32(2)21-15-28-26(31-23(21)33(16)19-6-4-5-7-19)30-20-9-8-17(14-22(20)36-3)24(34)29-18-10-12-27-13-11-18/h8-9,14-16,18-19,27H,4-7,10-13H2,1-3H3,(H,29,34)(H,28,30,31)/t16-/m1/s1. The van der Waals surface area contributed by atoms with Gasteiger partial charge in [0.1, 0.15) is 17.5 Å². The predicted molar refractivity (Wildman–Crippen MR) is 139 cm³/mol. The molecule has 1 aromatic heterocycles. The van der Waals surface area contributed by atoms with Crippen molar-refractivity contribution in [1.29, 1.82) is 0 Å². The van der Waals surface area contributed by atoms with Crippen LogP contribution in [0.25, 0.3) is 0 Å². The Kier molecular flexibility index (Phi) is 6.95. The molecule has 5 rings (SSSR count). The van der Waals surface area contributed by atoms with Crippen molar-refractivity contribution in [2.75, 3.05) is 42.4 Å². The minimum atomic E-state index is -0.277. The molecule has 1 atom stereocenters. The number of carbonyl (C=O) groups excluding carboxylic acids is 2. The van der Waals surface area contributed by atoms with Gasteiger partial charge in [0.15, 0.2) is 5.82 Å². The lowest BCUT2D eigenvalue weighted by Crippen LogP contribution is -2.54. The highest BCUT2D eigenvalue weighted by Gasteiger charge is 2.39. The van der Waals surface area contributed by atoms with Gasteiger partial charge in [0, 0.05) is 24.7 Å². The van der Waals surface area contributed by atoms with Gasteiger partial charge in [0.05, 0.1) is 19.0 Å². The lowest BCUT2D eigenvalue weighted by molar-refractivity contribution is -0.119. The summed E-state index contributed by atoms with van der Waals surface area (Å²) in [7, 11) is 3.35. The SMILES string of the molecule is COc1cc(C(=O)NC2CCNCC2)ccc1Nc1ncc2c(n1)N(C1CCCC1)[C@H](C)C(=O)N2C. The fourth-order valence-electron chi connectivity index (χ4n) is 5.52. The first-order chi connectivity index (χ1) is 17.5. The van der Waals surface area contributed by atoms with E-state index < -0.39 is 0 Å². The van der Waals surface area contributed by atoms with E-state index in [0.29, 0.717) is 34.7 Å². The maximum atomic E-state index is 12.9. The van der Waals surface area contributed by atoms with E-state index in [-0.39, 0.29) is 23.9 Å². The summed E-state index contributed by atoms with van der Waals surface area (Å²) in [4.78, 5) is 38.8. The minimum absolute atomic E-state index is 0.0544. The second-order valence-corrected chi connectivity index (χ2v) is 9.86. The number of amides is 2. The van der Waals surface area contributed by atoms with Crippen LogP contribution in [0.4, 0.5) is 23.1 Å². The van der Waals surface area contributed by atoms with Gasteiger partial charge in [0.25, 0.3) is 5.91 Å². The zero-order chi connectivity index (χ0) is 25.2. The fourth-order valence-corrected chi connectivity index (χ4v) is 5.52. The Balaban J connectivity index is 1.38. The van der Waals surface area contributed by atoms with Crippen molar-refractivity contribution in [2.24, 2.45) is 0 Å². The number of hydrogen-bond acceptors (Lipinski definition) is 8. The lowest BCUT2D eigenvalue weighted by Gasteiger charge is -2.42. The molecule has 10 nitrogen and oxygen atoms in total. The zero-order valence-corrected chi connectivity index (χ0v) is 21.2.